The van der Waals surface area contributed by atoms with Gasteiger partial charge in [-0.3, -0.25) is 4.90 Å². The molecule has 2 unspecified atom stereocenters. The van der Waals surface area contributed by atoms with E-state index >= 15 is 0 Å². The van der Waals surface area contributed by atoms with E-state index in [9.17, 15) is 13.2 Å². The van der Waals surface area contributed by atoms with E-state index in [1.165, 1.54) is 17.7 Å². The third kappa shape index (κ3) is 7.25. The lowest BCUT2D eigenvalue weighted by Crippen LogP contribution is -2.45. The van der Waals surface area contributed by atoms with Crippen LogP contribution in [0, 0.1) is 0 Å². The smallest absolute Gasteiger partial charge is 0.373 e. The van der Waals surface area contributed by atoms with Crippen LogP contribution in [0.2, 0.25) is 6.04 Å². The van der Waals surface area contributed by atoms with E-state index in [1.54, 1.807) is 12.1 Å². The van der Waals surface area contributed by atoms with Crippen LogP contribution in [0.3, 0.4) is 0 Å². The van der Waals surface area contributed by atoms with Gasteiger partial charge >= 0.3 is 6.18 Å². The van der Waals surface area contributed by atoms with Crippen molar-refractivity contribution in [3.8, 4) is 0 Å². The number of rotatable bonds is 8. The summed E-state index contributed by atoms with van der Waals surface area (Å²) < 4.78 is 43.5. The number of alkyl halides is 3. The fourth-order valence-electron chi connectivity index (χ4n) is 3.48. The van der Waals surface area contributed by atoms with Crippen LogP contribution in [0.4, 0.5) is 13.2 Å². The molecule has 146 valence electrons. The van der Waals surface area contributed by atoms with Crippen molar-refractivity contribution in [1.29, 1.82) is 0 Å². The molecule has 0 bridgehead atoms. The summed E-state index contributed by atoms with van der Waals surface area (Å²) in [4.78, 5) is 2.47. The van der Waals surface area contributed by atoms with Crippen molar-refractivity contribution in [3.63, 3.8) is 0 Å². The maximum atomic E-state index is 12.6. The fraction of sp³-hybridized carbons (Fsp3) is 0.600. The van der Waals surface area contributed by atoms with Crippen molar-refractivity contribution in [2.75, 3.05) is 19.6 Å². The number of allylic oxidation sites excluding steroid dienone is 1. The SMILES string of the molecule is C=C(CCCCN1CC(C)OC(C)C1)C[SiH2]c1ccc(C(F)(F)F)cc1. The first-order valence-electron chi connectivity index (χ1n) is 9.44. The molecule has 0 amide bonds. The van der Waals surface area contributed by atoms with E-state index < -0.39 is 21.3 Å². The Labute approximate surface area is 157 Å². The zero-order valence-corrected chi connectivity index (χ0v) is 17.2. The van der Waals surface area contributed by atoms with Crippen LogP contribution in [0.1, 0.15) is 38.7 Å². The minimum atomic E-state index is -4.25. The van der Waals surface area contributed by atoms with Gasteiger partial charge in [0.15, 0.2) is 0 Å². The molecule has 1 aliphatic rings. The van der Waals surface area contributed by atoms with Crippen LogP contribution in [0.25, 0.3) is 0 Å². The van der Waals surface area contributed by atoms with Crippen LogP contribution >= 0.6 is 0 Å². The first kappa shape index (κ1) is 21.2. The molecule has 1 aliphatic heterocycles. The van der Waals surface area contributed by atoms with E-state index in [1.807, 2.05) is 0 Å². The molecule has 0 aliphatic carbocycles. The molecule has 6 heteroatoms. The third-order valence-electron chi connectivity index (χ3n) is 4.80. The summed E-state index contributed by atoms with van der Waals surface area (Å²) in [6, 6.07) is 6.61. The molecule has 1 heterocycles. The van der Waals surface area contributed by atoms with E-state index in [4.69, 9.17) is 4.74 Å². The number of ether oxygens (including phenoxy) is 1. The first-order chi connectivity index (χ1) is 12.2. The van der Waals surface area contributed by atoms with Crippen LogP contribution in [0.15, 0.2) is 36.4 Å². The van der Waals surface area contributed by atoms with Gasteiger partial charge in [-0.15, -0.1) is 6.58 Å². The largest absolute Gasteiger partial charge is 0.416 e. The molecular weight excluding hydrogens is 355 g/mol. The normalized spacial score (nSPS) is 22.2. The van der Waals surface area contributed by atoms with E-state index in [0.29, 0.717) is 12.2 Å². The Morgan fingerprint density at radius 1 is 1.15 bits per heavy atom. The van der Waals surface area contributed by atoms with E-state index in [0.717, 1.165) is 50.1 Å². The molecule has 2 rings (SSSR count). The second kappa shape index (κ2) is 9.72. The Kier molecular flexibility index (Phi) is 7.92. The number of halogens is 3. The second-order valence-electron chi connectivity index (χ2n) is 7.42. The Morgan fingerprint density at radius 2 is 1.77 bits per heavy atom. The number of unbranched alkanes of at least 4 members (excludes halogenated alkanes) is 1. The van der Waals surface area contributed by atoms with Crippen molar-refractivity contribution >= 4 is 14.7 Å². The summed E-state index contributed by atoms with van der Waals surface area (Å²) in [5.41, 5.74) is 0.668. The lowest BCUT2D eigenvalue weighted by Gasteiger charge is -2.35. The molecule has 0 radical (unpaired) electrons. The van der Waals surface area contributed by atoms with Gasteiger partial charge in [-0.25, -0.2) is 0 Å². The molecule has 2 nitrogen and oxygen atoms in total. The van der Waals surface area contributed by atoms with Crippen molar-refractivity contribution < 1.29 is 17.9 Å². The highest BCUT2D eigenvalue weighted by molar-refractivity contribution is 6.54. The predicted octanol–water partition coefficient (Wildman–Crippen LogP) is 3.75. The zero-order chi connectivity index (χ0) is 19.2. The highest BCUT2D eigenvalue weighted by atomic mass is 28.2. The summed E-state index contributed by atoms with van der Waals surface area (Å²) in [5, 5.41) is 1.07. The average Bonchev–Trinajstić information content (AvgIpc) is 2.55. The molecule has 26 heavy (non-hydrogen) atoms. The maximum absolute atomic E-state index is 12.6. The topological polar surface area (TPSA) is 12.5 Å². The summed E-state index contributed by atoms with van der Waals surface area (Å²) >= 11 is 0. The summed E-state index contributed by atoms with van der Waals surface area (Å²) in [7, 11) is -0.580. The predicted molar refractivity (Wildman–Crippen MR) is 104 cm³/mol. The number of benzene rings is 1. The third-order valence-corrected chi connectivity index (χ3v) is 6.80. The highest BCUT2D eigenvalue weighted by Gasteiger charge is 2.29. The van der Waals surface area contributed by atoms with Gasteiger partial charge in [-0.05, 0) is 45.7 Å². The fourth-order valence-corrected chi connectivity index (χ4v) is 4.95. The van der Waals surface area contributed by atoms with Crippen molar-refractivity contribution in [1.82, 2.24) is 4.90 Å². The minimum Gasteiger partial charge on any atom is -0.373 e. The number of hydrogen-bond donors (Lipinski definition) is 0. The molecule has 1 aromatic carbocycles. The number of nitrogens with zero attached hydrogens (tertiary/aromatic N) is 1. The quantitative estimate of drug-likeness (QED) is 0.384. The number of morpholine rings is 1. The van der Waals surface area contributed by atoms with Gasteiger partial charge in [-0.2, -0.15) is 13.2 Å². The minimum absolute atomic E-state index is 0.309. The molecule has 0 aromatic heterocycles. The maximum Gasteiger partial charge on any atom is 0.416 e. The van der Waals surface area contributed by atoms with Gasteiger partial charge in [0.1, 0.15) is 0 Å². The molecule has 0 saturated carbocycles. The van der Waals surface area contributed by atoms with Gasteiger partial charge in [0.25, 0.3) is 0 Å². The average molecular weight is 386 g/mol. The van der Waals surface area contributed by atoms with Crippen LogP contribution < -0.4 is 5.19 Å². The Hall–Kier alpha value is -1.11. The van der Waals surface area contributed by atoms with Crippen molar-refractivity contribution in [2.45, 2.75) is 57.5 Å². The van der Waals surface area contributed by atoms with Crippen LogP contribution in [0.5, 0.6) is 0 Å². The molecule has 0 N–H and O–H groups in total. The Morgan fingerprint density at radius 3 is 2.35 bits per heavy atom. The summed E-state index contributed by atoms with van der Waals surface area (Å²) in [5.74, 6) is 0. The van der Waals surface area contributed by atoms with Gasteiger partial charge < -0.3 is 4.74 Å². The van der Waals surface area contributed by atoms with Gasteiger partial charge in [-0.1, -0.05) is 35.0 Å². The van der Waals surface area contributed by atoms with Crippen LogP contribution in [-0.4, -0.2) is 46.3 Å². The molecular formula is C20H30F3NOSi. The highest BCUT2D eigenvalue weighted by Crippen LogP contribution is 2.28. The van der Waals surface area contributed by atoms with Crippen molar-refractivity contribution in [2.24, 2.45) is 0 Å². The number of hydrogen-bond acceptors (Lipinski definition) is 2. The second-order valence-corrected chi connectivity index (χ2v) is 9.24. The first-order valence-corrected chi connectivity index (χ1v) is 11.2. The summed E-state index contributed by atoms with van der Waals surface area (Å²) in [6.07, 6.45) is -0.337. The Balaban J connectivity index is 1.62. The lowest BCUT2D eigenvalue weighted by atomic mass is 10.1. The van der Waals surface area contributed by atoms with Gasteiger partial charge in [0.2, 0.25) is 0 Å². The van der Waals surface area contributed by atoms with Gasteiger partial charge in [0, 0.05) is 13.1 Å². The van der Waals surface area contributed by atoms with E-state index in [2.05, 4.69) is 25.3 Å². The molecule has 1 fully saturated rings. The van der Waals surface area contributed by atoms with Gasteiger partial charge in [0.05, 0.1) is 27.3 Å². The zero-order valence-electron chi connectivity index (χ0n) is 15.8. The summed E-state index contributed by atoms with van der Waals surface area (Å²) in [6.45, 7) is 11.5. The molecule has 1 saturated heterocycles. The standard InChI is InChI=1S/C20H30F3NOSi/c1-15(6-4-5-11-24-12-16(2)25-17(3)13-24)14-26-19-9-7-18(8-10-19)20(21,22)23/h7-10,16-17H,1,4-6,11-14,26H2,2-3H3. The monoisotopic (exact) mass is 385 g/mol. The molecule has 1 aromatic rings. The van der Waals surface area contributed by atoms with Crippen LogP contribution in [-0.2, 0) is 10.9 Å². The van der Waals surface area contributed by atoms with E-state index in [-0.39, 0.29) is 0 Å². The van der Waals surface area contributed by atoms with Crippen molar-refractivity contribution in [3.05, 3.63) is 42.0 Å². The molecule has 0 spiro atoms. The molecule has 2 atom stereocenters. The Bertz CT molecular complexity index is 563. The lowest BCUT2D eigenvalue weighted by molar-refractivity contribution is -0.137.